The topological polar surface area (TPSA) is 99.9 Å². The molecule has 34 heavy (non-hydrogen) atoms. The van der Waals surface area contributed by atoms with Crippen molar-refractivity contribution in [2.24, 2.45) is 10.8 Å². The first-order valence-electron chi connectivity index (χ1n) is 12.0. The van der Waals surface area contributed by atoms with Gasteiger partial charge in [0.2, 0.25) is 10.0 Å². The summed E-state index contributed by atoms with van der Waals surface area (Å²) in [6.07, 6.45) is 7.16. The number of hydrogen-bond donors (Lipinski definition) is 2. The van der Waals surface area contributed by atoms with E-state index in [1.807, 2.05) is 32.9 Å². The number of hydrogen-bond acceptors (Lipinski definition) is 5. The van der Waals surface area contributed by atoms with Gasteiger partial charge in [-0.2, -0.15) is 0 Å². The highest BCUT2D eigenvalue weighted by Crippen LogP contribution is 2.62. The molecule has 2 saturated carbocycles. The van der Waals surface area contributed by atoms with Crippen molar-refractivity contribution in [3.8, 4) is 0 Å². The number of benzene rings is 1. The molecule has 2 aliphatic carbocycles. The van der Waals surface area contributed by atoms with E-state index < -0.39 is 21.5 Å². The Morgan fingerprint density at radius 3 is 2.32 bits per heavy atom. The van der Waals surface area contributed by atoms with E-state index in [1.54, 1.807) is 23.1 Å². The Kier molecular flexibility index (Phi) is 5.23. The maximum absolute atomic E-state index is 13.6. The maximum atomic E-state index is 13.6. The second-order valence-electron chi connectivity index (χ2n) is 11.7. The van der Waals surface area contributed by atoms with Crippen molar-refractivity contribution in [3.05, 3.63) is 47.4 Å². The molecule has 2 aromatic rings. The molecule has 2 fully saturated rings. The molecular formula is C26H34N2O5S. The van der Waals surface area contributed by atoms with Crippen LogP contribution in [0.4, 0.5) is 11.4 Å². The van der Waals surface area contributed by atoms with E-state index in [4.69, 9.17) is 4.42 Å². The standard InChI is InChI=1S/C26H34N2O5S/c1-24(2,3)22(29)20-7-8-21(33-20)23(30)28-16-26(13-11-25(9-10-25)12-14-26)18-15-17(5-6-19(18)28)27-34(4,31)32/h5-8,15,22,27,29H,9-14,16H2,1-4H3/t22-/m1/s1. The number of sulfonamides is 1. The fourth-order valence-electron chi connectivity index (χ4n) is 5.67. The average Bonchev–Trinajstić information content (AvgIpc) is 3.21. The molecular weight excluding hydrogens is 452 g/mol. The van der Waals surface area contributed by atoms with Gasteiger partial charge in [0.15, 0.2) is 5.76 Å². The second kappa shape index (κ2) is 7.59. The van der Waals surface area contributed by atoms with Crippen LogP contribution in [0.3, 0.4) is 0 Å². The van der Waals surface area contributed by atoms with Gasteiger partial charge in [-0.3, -0.25) is 9.52 Å². The minimum atomic E-state index is -3.41. The van der Waals surface area contributed by atoms with E-state index in [0.29, 0.717) is 23.4 Å². The number of carbonyl (C=O) groups excluding carboxylic acids is 1. The minimum absolute atomic E-state index is 0.186. The molecule has 5 rings (SSSR count). The largest absolute Gasteiger partial charge is 0.453 e. The lowest BCUT2D eigenvalue weighted by molar-refractivity contribution is 0.0422. The summed E-state index contributed by atoms with van der Waals surface area (Å²) in [7, 11) is -3.41. The molecule has 1 aromatic carbocycles. The predicted octanol–water partition coefficient (Wildman–Crippen LogP) is 4.98. The quantitative estimate of drug-likeness (QED) is 0.635. The number of aliphatic hydroxyl groups excluding tert-OH is 1. The number of anilines is 2. The van der Waals surface area contributed by atoms with Crippen molar-refractivity contribution in [2.45, 2.75) is 70.8 Å². The molecule has 1 aromatic heterocycles. The fourth-order valence-corrected chi connectivity index (χ4v) is 6.22. The Hall–Kier alpha value is -2.32. The van der Waals surface area contributed by atoms with Crippen LogP contribution >= 0.6 is 0 Å². The van der Waals surface area contributed by atoms with E-state index in [-0.39, 0.29) is 17.1 Å². The summed E-state index contributed by atoms with van der Waals surface area (Å²) in [5.74, 6) is 0.348. The third kappa shape index (κ3) is 4.15. The summed E-state index contributed by atoms with van der Waals surface area (Å²) in [4.78, 5) is 15.4. The predicted molar refractivity (Wildman–Crippen MR) is 132 cm³/mol. The van der Waals surface area contributed by atoms with Crippen molar-refractivity contribution in [2.75, 3.05) is 22.4 Å². The summed E-state index contributed by atoms with van der Waals surface area (Å²) in [5.41, 5.74) is 2.26. The van der Waals surface area contributed by atoms with E-state index in [0.717, 1.165) is 43.2 Å². The van der Waals surface area contributed by atoms with Gasteiger partial charge < -0.3 is 14.4 Å². The lowest BCUT2D eigenvalue weighted by atomic mass is 9.66. The van der Waals surface area contributed by atoms with Crippen molar-refractivity contribution in [3.63, 3.8) is 0 Å². The molecule has 0 radical (unpaired) electrons. The summed E-state index contributed by atoms with van der Waals surface area (Å²) < 4.78 is 32.1. The Balaban J connectivity index is 1.49. The monoisotopic (exact) mass is 486 g/mol. The number of fused-ring (bicyclic) bond motifs is 2. The highest BCUT2D eigenvalue weighted by molar-refractivity contribution is 7.92. The number of amides is 1. The molecule has 2 heterocycles. The van der Waals surface area contributed by atoms with Crippen LogP contribution in [0.2, 0.25) is 0 Å². The lowest BCUT2D eigenvalue weighted by Gasteiger charge is -2.38. The SMILES string of the molecule is CC(C)(C)[C@H](O)c1ccc(C(=O)N2CC3(CCC4(CC4)CC3)c3cc(NS(C)(=O)=O)ccc32)o1. The van der Waals surface area contributed by atoms with Crippen LogP contribution in [0, 0.1) is 10.8 Å². The van der Waals surface area contributed by atoms with Crippen LogP contribution in [-0.4, -0.2) is 32.2 Å². The third-order valence-electron chi connectivity index (χ3n) is 8.02. The van der Waals surface area contributed by atoms with Crippen LogP contribution < -0.4 is 9.62 Å². The molecule has 8 heteroatoms. The third-order valence-corrected chi connectivity index (χ3v) is 8.63. The summed E-state index contributed by atoms with van der Waals surface area (Å²) >= 11 is 0. The van der Waals surface area contributed by atoms with Gasteiger partial charge in [-0.15, -0.1) is 0 Å². The number of nitrogens with zero attached hydrogens (tertiary/aromatic N) is 1. The molecule has 0 saturated heterocycles. The van der Waals surface area contributed by atoms with Gasteiger partial charge in [0, 0.05) is 23.3 Å². The van der Waals surface area contributed by atoms with Crippen LogP contribution in [-0.2, 0) is 15.4 Å². The zero-order valence-electron chi connectivity index (χ0n) is 20.3. The maximum Gasteiger partial charge on any atom is 0.294 e. The van der Waals surface area contributed by atoms with Crippen molar-refractivity contribution in [1.82, 2.24) is 0 Å². The van der Waals surface area contributed by atoms with Crippen LogP contribution in [0.25, 0.3) is 0 Å². The highest BCUT2D eigenvalue weighted by atomic mass is 32.2. The molecule has 7 nitrogen and oxygen atoms in total. The van der Waals surface area contributed by atoms with Gasteiger partial charge in [-0.25, -0.2) is 8.42 Å². The zero-order chi connectivity index (χ0) is 24.5. The molecule has 2 N–H and O–H groups in total. The first kappa shape index (κ1) is 23.4. The Bertz CT molecular complexity index is 1230. The average molecular weight is 487 g/mol. The smallest absolute Gasteiger partial charge is 0.294 e. The van der Waals surface area contributed by atoms with Gasteiger partial charge in [0.1, 0.15) is 11.9 Å². The van der Waals surface area contributed by atoms with Crippen molar-refractivity contribution >= 4 is 27.3 Å². The number of carbonyl (C=O) groups is 1. The van der Waals surface area contributed by atoms with E-state index in [2.05, 4.69) is 4.72 Å². The van der Waals surface area contributed by atoms with Crippen molar-refractivity contribution < 1.29 is 22.7 Å². The Morgan fingerprint density at radius 2 is 1.74 bits per heavy atom. The summed E-state index contributed by atoms with van der Waals surface area (Å²) in [5, 5.41) is 10.6. The molecule has 1 aliphatic heterocycles. The fraction of sp³-hybridized carbons (Fsp3) is 0.577. The van der Waals surface area contributed by atoms with Gasteiger partial charge in [0.25, 0.3) is 5.91 Å². The van der Waals surface area contributed by atoms with E-state index >= 15 is 0 Å². The van der Waals surface area contributed by atoms with Crippen molar-refractivity contribution in [1.29, 1.82) is 0 Å². The Morgan fingerprint density at radius 1 is 1.09 bits per heavy atom. The molecule has 3 aliphatic rings. The lowest BCUT2D eigenvalue weighted by Crippen LogP contribution is -2.39. The molecule has 184 valence electrons. The minimum Gasteiger partial charge on any atom is -0.453 e. The molecule has 0 unspecified atom stereocenters. The second-order valence-corrected chi connectivity index (χ2v) is 13.5. The van der Waals surface area contributed by atoms with E-state index in [9.17, 15) is 18.3 Å². The number of nitrogens with one attached hydrogen (secondary N) is 1. The molecule has 1 amide bonds. The summed E-state index contributed by atoms with van der Waals surface area (Å²) in [6.45, 7) is 6.30. The zero-order valence-corrected chi connectivity index (χ0v) is 21.2. The number of furan rings is 1. The van der Waals surface area contributed by atoms with Gasteiger partial charge in [0.05, 0.1) is 6.26 Å². The van der Waals surface area contributed by atoms with Gasteiger partial charge >= 0.3 is 0 Å². The van der Waals surface area contributed by atoms with Crippen LogP contribution in [0.15, 0.2) is 34.7 Å². The molecule has 0 bridgehead atoms. The summed E-state index contributed by atoms with van der Waals surface area (Å²) in [6, 6.07) is 8.76. The van der Waals surface area contributed by atoms with E-state index in [1.165, 1.54) is 12.8 Å². The normalized spacial score (nSPS) is 21.5. The van der Waals surface area contributed by atoms with Crippen LogP contribution in [0.5, 0.6) is 0 Å². The Labute approximate surface area is 201 Å². The first-order chi connectivity index (χ1) is 15.8. The van der Waals surface area contributed by atoms with Crippen LogP contribution in [0.1, 0.15) is 87.3 Å². The number of rotatable bonds is 4. The molecule has 2 spiro atoms. The van der Waals surface area contributed by atoms with Gasteiger partial charge in [-0.05, 0) is 85.3 Å². The first-order valence-corrected chi connectivity index (χ1v) is 13.9. The van der Waals surface area contributed by atoms with Gasteiger partial charge in [-0.1, -0.05) is 20.8 Å². The molecule has 1 atom stereocenters. The highest BCUT2D eigenvalue weighted by Gasteiger charge is 2.53. The number of aliphatic hydroxyl groups is 1.